The third-order valence-electron chi connectivity index (χ3n) is 3.01. The number of carboxylic acids is 1. The normalized spacial score (nSPS) is 13.6. The van der Waals surface area contributed by atoms with Crippen LogP contribution in [0.3, 0.4) is 0 Å². The van der Waals surface area contributed by atoms with Crippen LogP contribution in [-0.4, -0.2) is 28.3 Å². The topological polar surface area (TPSA) is 66.4 Å². The van der Waals surface area contributed by atoms with Gasteiger partial charge in [-0.1, -0.05) is 22.9 Å². The molecule has 0 aliphatic rings. The number of benzene rings is 1. The number of rotatable bonds is 7. The molecule has 0 aliphatic carbocycles. The zero-order chi connectivity index (χ0) is 15.2. The van der Waals surface area contributed by atoms with Gasteiger partial charge in [-0.3, -0.25) is 4.79 Å². The molecule has 0 aliphatic heterocycles. The Balaban J connectivity index is 2.40. The number of halogens is 1. The van der Waals surface area contributed by atoms with Crippen molar-refractivity contribution in [2.75, 3.05) is 5.75 Å². The first-order chi connectivity index (χ1) is 9.37. The van der Waals surface area contributed by atoms with Crippen LogP contribution >= 0.6 is 27.7 Å². The molecule has 0 radical (unpaired) electrons. The second-order valence-electron chi connectivity index (χ2n) is 4.59. The summed E-state index contributed by atoms with van der Waals surface area (Å²) in [6.07, 6.45) is 0.650. The number of carbonyl (C=O) groups is 2. The smallest absolute Gasteiger partial charge is 0.329 e. The summed E-state index contributed by atoms with van der Waals surface area (Å²) >= 11 is 4.93. The maximum Gasteiger partial charge on any atom is 0.329 e. The maximum atomic E-state index is 11.8. The van der Waals surface area contributed by atoms with Crippen LogP contribution in [0.1, 0.15) is 26.7 Å². The van der Waals surface area contributed by atoms with Gasteiger partial charge in [0.2, 0.25) is 5.91 Å². The Morgan fingerprint density at radius 1 is 1.35 bits per heavy atom. The number of nitrogens with one attached hydrogen (secondary N) is 1. The fourth-order valence-corrected chi connectivity index (χ4v) is 2.57. The minimum absolute atomic E-state index is 0.235. The van der Waals surface area contributed by atoms with Crippen LogP contribution in [0.2, 0.25) is 0 Å². The third-order valence-corrected chi connectivity index (χ3v) is 4.55. The molecule has 0 fully saturated rings. The molecule has 1 aromatic rings. The van der Waals surface area contributed by atoms with E-state index in [0.717, 1.165) is 9.37 Å². The van der Waals surface area contributed by atoms with Crippen molar-refractivity contribution in [1.82, 2.24) is 5.32 Å². The van der Waals surface area contributed by atoms with Crippen LogP contribution in [0.5, 0.6) is 0 Å². The van der Waals surface area contributed by atoms with E-state index in [1.54, 1.807) is 18.7 Å². The molecule has 4 nitrogen and oxygen atoms in total. The van der Waals surface area contributed by atoms with Crippen molar-refractivity contribution < 1.29 is 14.7 Å². The van der Waals surface area contributed by atoms with Gasteiger partial charge in [-0.2, -0.15) is 0 Å². The molecule has 20 heavy (non-hydrogen) atoms. The molecule has 0 heterocycles. The Labute approximate surface area is 131 Å². The van der Waals surface area contributed by atoms with E-state index in [9.17, 15) is 9.59 Å². The number of aliphatic carboxylic acids is 1. The standard InChI is InChI=1S/C14H18BrNO3S/c1-3-14(2,13(18)19)16-12(17)8-9-20-11-6-4-10(15)5-7-11/h4-7H,3,8-9H2,1-2H3,(H,16,17)(H,18,19). The molecule has 2 N–H and O–H groups in total. The average Bonchev–Trinajstić information content (AvgIpc) is 2.40. The molecule has 0 aromatic heterocycles. The molecular formula is C14H18BrNO3S. The molecule has 1 atom stereocenters. The van der Waals surface area contributed by atoms with Gasteiger partial charge in [-0.05, 0) is 37.6 Å². The number of carbonyl (C=O) groups excluding carboxylic acids is 1. The highest BCUT2D eigenvalue weighted by molar-refractivity contribution is 9.10. The summed E-state index contributed by atoms with van der Waals surface area (Å²) in [4.78, 5) is 23.9. The molecule has 1 aromatic carbocycles. The minimum Gasteiger partial charge on any atom is -0.480 e. The Kier molecular flexibility index (Phi) is 6.55. The van der Waals surface area contributed by atoms with Crippen LogP contribution in [0, 0.1) is 0 Å². The van der Waals surface area contributed by atoms with Gasteiger partial charge in [0.05, 0.1) is 0 Å². The van der Waals surface area contributed by atoms with Crippen LogP contribution in [0.4, 0.5) is 0 Å². The first kappa shape index (κ1) is 17.0. The van der Waals surface area contributed by atoms with Crippen molar-refractivity contribution >= 4 is 39.6 Å². The quantitative estimate of drug-likeness (QED) is 0.733. The van der Waals surface area contributed by atoms with E-state index in [-0.39, 0.29) is 5.91 Å². The summed E-state index contributed by atoms with van der Waals surface area (Å²) < 4.78 is 1.01. The van der Waals surface area contributed by atoms with Gasteiger partial charge in [0.25, 0.3) is 0 Å². The van der Waals surface area contributed by atoms with E-state index >= 15 is 0 Å². The van der Waals surface area contributed by atoms with E-state index in [1.807, 2.05) is 24.3 Å². The second-order valence-corrected chi connectivity index (χ2v) is 6.68. The number of carboxylic acid groups (broad SMARTS) is 1. The summed E-state index contributed by atoms with van der Waals surface area (Å²) in [5.74, 6) is -0.623. The summed E-state index contributed by atoms with van der Waals surface area (Å²) in [5, 5.41) is 11.7. The number of thioether (sulfide) groups is 1. The number of hydrogen-bond donors (Lipinski definition) is 2. The highest BCUT2D eigenvalue weighted by Crippen LogP contribution is 2.21. The molecule has 110 valence electrons. The minimum atomic E-state index is -1.18. The molecule has 1 rings (SSSR count). The predicted molar refractivity (Wildman–Crippen MR) is 84.0 cm³/mol. The molecule has 0 saturated carbocycles. The fraction of sp³-hybridized carbons (Fsp3) is 0.429. The van der Waals surface area contributed by atoms with Gasteiger partial charge < -0.3 is 10.4 Å². The van der Waals surface area contributed by atoms with Crippen molar-refractivity contribution in [3.05, 3.63) is 28.7 Å². The monoisotopic (exact) mass is 359 g/mol. The molecule has 1 unspecified atom stereocenters. The summed E-state index contributed by atoms with van der Waals surface area (Å²) in [7, 11) is 0. The van der Waals surface area contributed by atoms with Crippen LogP contribution < -0.4 is 5.32 Å². The fourth-order valence-electron chi connectivity index (χ4n) is 1.46. The lowest BCUT2D eigenvalue weighted by Crippen LogP contribution is -2.51. The van der Waals surface area contributed by atoms with Crippen LogP contribution in [0.25, 0.3) is 0 Å². The van der Waals surface area contributed by atoms with Gasteiger partial charge in [0, 0.05) is 21.5 Å². The lowest BCUT2D eigenvalue weighted by Gasteiger charge is -2.24. The van der Waals surface area contributed by atoms with E-state index in [4.69, 9.17) is 5.11 Å². The van der Waals surface area contributed by atoms with Crippen LogP contribution in [0.15, 0.2) is 33.6 Å². The van der Waals surface area contributed by atoms with E-state index in [0.29, 0.717) is 18.6 Å². The van der Waals surface area contributed by atoms with Crippen molar-refractivity contribution in [3.63, 3.8) is 0 Å². The SMILES string of the molecule is CCC(C)(NC(=O)CCSc1ccc(Br)cc1)C(=O)O. The van der Waals surface area contributed by atoms with Crippen molar-refractivity contribution in [3.8, 4) is 0 Å². The molecular weight excluding hydrogens is 342 g/mol. The Morgan fingerprint density at radius 2 is 1.95 bits per heavy atom. The Morgan fingerprint density at radius 3 is 2.45 bits per heavy atom. The lowest BCUT2D eigenvalue weighted by atomic mass is 9.99. The van der Waals surface area contributed by atoms with E-state index < -0.39 is 11.5 Å². The Hall–Kier alpha value is -1.01. The van der Waals surface area contributed by atoms with Crippen molar-refractivity contribution in [1.29, 1.82) is 0 Å². The molecule has 0 spiro atoms. The molecule has 1 amide bonds. The predicted octanol–water partition coefficient (Wildman–Crippen LogP) is 3.30. The maximum absolute atomic E-state index is 11.8. The summed E-state index contributed by atoms with van der Waals surface area (Å²) in [6.45, 7) is 3.26. The molecule has 6 heteroatoms. The van der Waals surface area contributed by atoms with Crippen molar-refractivity contribution in [2.45, 2.75) is 37.1 Å². The molecule has 0 saturated heterocycles. The zero-order valence-electron chi connectivity index (χ0n) is 11.5. The number of hydrogen-bond acceptors (Lipinski definition) is 3. The number of amides is 1. The van der Waals surface area contributed by atoms with E-state index in [2.05, 4.69) is 21.2 Å². The first-order valence-corrected chi connectivity index (χ1v) is 8.08. The van der Waals surface area contributed by atoms with Gasteiger partial charge in [0.1, 0.15) is 5.54 Å². The average molecular weight is 360 g/mol. The lowest BCUT2D eigenvalue weighted by molar-refractivity contribution is -0.146. The third kappa shape index (κ3) is 5.17. The van der Waals surface area contributed by atoms with Crippen molar-refractivity contribution in [2.24, 2.45) is 0 Å². The van der Waals surface area contributed by atoms with Gasteiger partial charge in [0.15, 0.2) is 0 Å². The van der Waals surface area contributed by atoms with Crippen LogP contribution in [-0.2, 0) is 9.59 Å². The summed E-state index contributed by atoms with van der Waals surface area (Å²) in [5.41, 5.74) is -1.18. The molecule has 0 bridgehead atoms. The largest absolute Gasteiger partial charge is 0.480 e. The highest BCUT2D eigenvalue weighted by atomic mass is 79.9. The van der Waals surface area contributed by atoms with Gasteiger partial charge in [-0.15, -0.1) is 11.8 Å². The van der Waals surface area contributed by atoms with E-state index in [1.165, 1.54) is 6.92 Å². The zero-order valence-corrected chi connectivity index (χ0v) is 13.9. The first-order valence-electron chi connectivity index (χ1n) is 6.30. The Bertz CT molecular complexity index is 478. The summed E-state index contributed by atoms with van der Waals surface area (Å²) in [6, 6.07) is 7.84. The van der Waals surface area contributed by atoms with Gasteiger partial charge in [-0.25, -0.2) is 4.79 Å². The van der Waals surface area contributed by atoms with Gasteiger partial charge >= 0.3 is 5.97 Å². The second kappa shape index (κ2) is 7.69. The highest BCUT2D eigenvalue weighted by Gasteiger charge is 2.32.